The van der Waals surface area contributed by atoms with Gasteiger partial charge in [-0.2, -0.15) is 0 Å². The molecular weight excluding hydrogens is 427 g/mol. The summed E-state index contributed by atoms with van der Waals surface area (Å²) in [5.41, 5.74) is 0.794. The predicted molar refractivity (Wildman–Crippen MR) is 98.8 cm³/mol. The molecule has 0 saturated heterocycles. The van der Waals surface area contributed by atoms with Crippen LogP contribution in [0.25, 0.3) is 0 Å². The molecule has 23 heavy (non-hydrogen) atoms. The molecule has 0 fully saturated rings. The van der Waals surface area contributed by atoms with Gasteiger partial charge in [0.1, 0.15) is 5.54 Å². The van der Waals surface area contributed by atoms with Gasteiger partial charge in [0.05, 0.1) is 11.3 Å². The van der Waals surface area contributed by atoms with Crippen LogP contribution in [-0.2, 0) is 11.2 Å². The second kappa shape index (κ2) is 6.13. The van der Waals surface area contributed by atoms with Gasteiger partial charge in [0, 0.05) is 15.0 Å². The van der Waals surface area contributed by atoms with Gasteiger partial charge in [0.15, 0.2) is 0 Å². The third-order valence-corrected chi connectivity index (χ3v) is 4.79. The summed E-state index contributed by atoms with van der Waals surface area (Å²) < 4.78 is 1.12. The van der Waals surface area contributed by atoms with E-state index in [0.717, 1.165) is 9.13 Å². The van der Waals surface area contributed by atoms with Crippen LogP contribution in [0.3, 0.4) is 0 Å². The van der Waals surface area contributed by atoms with Crippen molar-refractivity contribution in [3.05, 3.63) is 62.2 Å². The molecule has 0 aromatic heterocycles. The molecule has 2 N–H and O–H groups in total. The van der Waals surface area contributed by atoms with Gasteiger partial charge in [-0.05, 0) is 65.4 Å². The minimum atomic E-state index is -1.03. The SMILES string of the molecule is CC1(Cc2ccc(I)cc2)NC(=O)c2cc(Cl)ccc2NC1=O. The van der Waals surface area contributed by atoms with Crippen molar-refractivity contribution in [2.24, 2.45) is 0 Å². The van der Waals surface area contributed by atoms with E-state index in [9.17, 15) is 9.59 Å². The van der Waals surface area contributed by atoms with Crippen molar-refractivity contribution in [2.45, 2.75) is 18.9 Å². The zero-order valence-electron chi connectivity index (χ0n) is 12.3. The maximum absolute atomic E-state index is 12.6. The highest BCUT2D eigenvalue weighted by Crippen LogP contribution is 2.27. The van der Waals surface area contributed by atoms with E-state index in [2.05, 4.69) is 33.2 Å². The third kappa shape index (κ3) is 3.35. The molecule has 2 amide bonds. The van der Waals surface area contributed by atoms with Gasteiger partial charge in [-0.25, -0.2) is 0 Å². The molecule has 0 radical (unpaired) electrons. The first-order valence-corrected chi connectivity index (χ1v) is 8.51. The Bertz CT molecular complexity index is 792. The van der Waals surface area contributed by atoms with Gasteiger partial charge in [0.25, 0.3) is 5.91 Å². The van der Waals surface area contributed by atoms with E-state index in [0.29, 0.717) is 22.7 Å². The number of nitrogens with one attached hydrogen (secondary N) is 2. The van der Waals surface area contributed by atoms with Crippen LogP contribution >= 0.6 is 34.2 Å². The highest BCUT2D eigenvalue weighted by molar-refractivity contribution is 14.1. The van der Waals surface area contributed by atoms with Crippen molar-refractivity contribution in [3.63, 3.8) is 0 Å². The molecule has 2 aromatic rings. The zero-order valence-corrected chi connectivity index (χ0v) is 15.2. The molecule has 1 heterocycles. The van der Waals surface area contributed by atoms with Crippen LogP contribution in [0.15, 0.2) is 42.5 Å². The second-order valence-corrected chi connectivity index (χ2v) is 7.42. The Kier molecular flexibility index (Phi) is 4.33. The summed E-state index contributed by atoms with van der Waals surface area (Å²) in [4.78, 5) is 25.1. The van der Waals surface area contributed by atoms with E-state index in [1.54, 1.807) is 25.1 Å². The van der Waals surface area contributed by atoms with Crippen LogP contribution in [0.5, 0.6) is 0 Å². The van der Waals surface area contributed by atoms with Gasteiger partial charge in [-0.15, -0.1) is 0 Å². The highest BCUT2D eigenvalue weighted by Gasteiger charge is 2.38. The van der Waals surface area contributed by atoms with Crippen LogP contribution < -0.4 is 10.6 Å². The maximum atomic E-state index is 12.6. The number of carbonyl (C=O) groups is 2. The van der Waals surface area contributed by atoms with E-state index in [-0.39, 0.29) is 11.8 Å². The lowest BCUT2D eigenvalue weighted by atomic mass is 9.92. The standard InChI is InChI=1S/C17H14ClIN2O2/c1-17(9-10-2-5-12(19)6-3-10)16(23)20-14-7-4-11(18)8-13(14)15(22)21-17/h2-8H,9H2,1H3,(H,20,23)(H,21,22). The van der Waals surface area contributed by atoms with Gasteiger partial charge >= 0.3 is 0 Å². The zero-order chi connectivity index (χ0) is 16.6. The lowest BCUT2D eigenvalue weighted by Gasteiger charge is -2.27. The Hall–Kier alpha value is -1.60. The number of halogens is 2. The van der Waals surface area contributed by atoms with E-state index in [1.165, 1.54) is 0 Å². The summed E-state index contributed by atoms with van der Waals surface area (Å²) in [5.74, 6) is -0.556. The number of hydrogen-bond donors (Lipinski definition) is 2. The molecule has 0 bridgehead atoms. The second-order valence-electron chi connectivity index (χ2n) is 5.73. The number of carbonyl (C=O) groups excluding carboxylic acids is 2. The summed E-state index contributed by atoms with van der Waals surface area (Å²) in [6, 6.07) is 12.7. The van der Waals surface area contributed by atoms with E-state index in [1.807, 2.05) is 24.3 Å². The number of hydrogen-bond acceptors (Lipinski definition) is 2. The molecule has 4 nitrogen and oxygen atoms in total. The van der Waals surface area contributed by atoms with E-state index < -0.39 is 5.54 Å². The molecule has 0 saturated carbocycles. The lowest BCUT2D eigenvalue weighted by Crippen LogP contribution is -2.54. The molecule has 1 aliphatic rings. The molecule has 1 atom stereocenters. The van der Waals surface area contributed by atoms with Gasteiger partial charge in [-0.3, -0.25) is 9.59 Å². The first-order chi connectivity index (χ1) is 10.9. The molecule has 118 valence electrons. The molecule has 0 spiro atoms. The topological polar surface area (TPSA) is 58.2 Å². The fourth-order valence-corrected chi connectivity index (χ4v) is 3.11. The predicted octanol–water partition coefficient (Wildman–Crippen LogP) is 3.63. The Balaban J connectivity index is 1.93. The summed E-state index contributed by atoms with van der Waals surface area (Å²) in [6.07, 6.45) is 0.406. The smallest absolute Gasteiger partial charge is 0.254 e. The van der Waals surface area contributed by atoms with Crippen molar-refractivity contribution in [1.29, 1.82) is 0 Å². The Labute approximate surface area is 152 Å². The quantitative estimate of drug-likeness (QED) is 0.701. The minimum Gasteiger partial charge on any atom is -0.337 e. The average molecular weight is 441 g/mol. The minimum absolute atomic E-state index is 0.245. The van der Waals surface area contributed by atoms with Crippen LogP contribution in [0.1, 0.15) is 22.8 Å². The van der Waals surface area contributed by atoms with Crippen LogP contribution in [0.2, 0.25) is 5.02 Å². The maximum Gasteiger partial charge on any atom is 0.254 e. The molecule has 6 heteroatoms. The number of amides is 2. The van der Waals surface area contributed by atoms with Crippen LogP contribution in [0.4, 0.5) is 5.69 Å². The third-order valence-electron chi connectivity index (χ3n) is 3.84. The molecular formula is C17H14ClIN2O2. The van der Waals surface area contributed by atoms with Crippen LogP contribution in [-0.4, -0.2) is 17.4 Å². The number of benzene rings is 2. The number of anilines is 1. The largest absolute Gasteiger partial charge is 0.337 e. The molecule has 2 aromatic carbocycles. The molecule has 1 aliphatic heterocycles. The number of fused-ring (bicyclic) bond motifs is 1. The normalized spacial score (nSPS) is 20.3. The van der Waals surface area contributed by atoms with E-state index in [4.69, 9.17) is 11.6 Å². The fraction of sp³-hybridized carbons (Fsp3) is 0.176. The summed E-state index contributed by atoms with van der Waals surface area (Å²) in [6.45, 7) is 1.73. The van der Waals surface area contributed by atoms with Crippen molar-refractivity contribution in [2.75, 3.05) is 5.32 Å². The van der Waals surface area contributed by atoms with Crippen molar-refractivity contribution in [1.82, 2.24) is 5.32 Å². The number of rotatable bonds is 2. The summed E-state index contributed by atoms with van der Waals surface area (Å²) in [7, 11) is 0. The Morgan fingerprint density at radius 3 is 2.52 bits per heavy atom. The summed E-state index contributed by atoms with van der Waals surface area (Å²) >= 11 is 8.18. The van der Waals surface area contributed by atoms with Crippen LogP contribution in [0, 0.1) is 3.57 Å². The first kappa shape index (κ1) is 16.3. The molecule has 3 rings (SSSR count). The first-order valence-electron chi connectivity index (χ1n) is 7.05. The molecule has 0 aliphatic carbocycles. The molecule has 1 unspecified atom stereocenters. The Morgan fingerprint density at radius 2 is 1.83 bits per heavy atom. The highest BCUT2D eigenvalue weighted by atomic mass is 127. The van der Waals surface area contributed by atoms with Gasteiger partial charge < -0.3 is 10.6 Å². The Morgan fingerprint density at radius 1 is 1.13 bits per heavy atom. The van der Waals surface area contributed by atoms with Gasteiger partial charge in [0.2, 0.25) is 5.91 Å². The van der Waals surface area contributed by atoms with Crippen molar-refractivity contribution in [3.8, 4) is 0 Å². The van der Waals surface area contributed by atoms with Crippen molar-refractivity contribution < 1.29 is 9.59 Å². The average Bonchev–Trinajstić information content (AvgIpc) is 2.59. The van der Waals surface area contributed by atoms with Gasteiger partial charge in [-0.1, -0.05) is 23.7 Å². The monoisotopic (exact) mass is 440 g/mol. The van der Waals surface area contributed by atoms with E-state index >= 15 is 0 Å². The van der Waals surface area contributed by atoms with Crippen molar-refractivity contribution >= 4 is 51.7 Å². The summed E-state index contributed by atoms with van der Waals surface area (Å²) in [5, 5.41) is 6.11. The lowest BCUT2D eigenvalue weighted by molar-refractivity contribution is -0.121. The fourth-order valence-electron chi connectivity index (χ4n) is 2.58.